The maximum absolute atomic E-state index is 12.3. The van der Waals surface area contributed by atoms with Crippen LogP contribution in [-0.4, -0.2) is 28.2 Å². The first kappa shape index (κ1) is 21.1. The fourth-order valence-electron chi connectivity index (χ4n) is 3.03. The van der Waals surface area contributed by atoms with Gasteiger partial charge in [0.1, 0.15) is 5.75 Å². The van der Waals surface area contributed by atoms with Gasteiger partial charge in [-0.15, -0.1) is 0 Å². The van der Waals surface area contributed by atoms with Crippen LogP contribution in [0.2, 0.25) is 5.02 Å². The van der Waals surface area contributed by atoms with E-state index in [4.69, 9.17) is 16.3 Å². The summed E-state index contributed by atoms with van der Waals surface area (Å²) in [5, 5.41) is 4.76. The lowest BCUT2D eigenvalue weighted by molar-refractivity contribution is -0.123. The number of hydrazine groups is 1. The number of nitrogens with zero attached hydrogens (tertiary/aromatic N) is 2. The summed E-state index contributed by atoms with van der Waals surface area (Å²) in [7, 11) is 0. The zero-order chi connectivity index (χ0) is 22.3. The molecule has 0 unspecified atom stereocenters. The van der Waals surface area contributed by atoms with Crippen molar-refractivity contribution in [1.82, 2.24) is 20.6 Å². The molecule has 4 aromatic rings. The minimum absolute atomic E-state index is 0.139. The molecule has 1 heterocycles. The largest absolute Gasteiger partial charge is 0.483 e. The standard InChI is InChI=1S/C24H19ClN4O3/c25-18-9-6-10-19(15-18)29-14-13-21(28-29)24(31)27-26-23(30)16-32-22-12-5-4-11-20(22)17-7-2-1-3-8-17/h1-15H,16H2,(H,26,30)(H,27,31). The SMILES string of the molecule is O=C(COc1ccccc1-c1ccccc1)NNC(=O)c1ccn(-c2cccc(Cl)c2)n1. The average molecular weight is 447 g/mol. The Balaban J connectivity index is 1.32. The Hall–Kier alpha value is -4.10. The highest BCUT2D eigenvalue weighted by Crippen LogP contribution is 2.29. The van der Waals surface area contributed by atoms with Gasteiger partial charge in [-0.1, -0.05) is 66.2 Å². The monoisotopic (exact) mass is 446 g/mol. The Morgan fingerprint density at radius 2 is 1.69 bits per heavy atom. The van der Waals surface area contributed by atoms with E-state index in [1.54, 1.807) is 30.5 Å². The van der Waals surface area contributed by atoms with E-state index in [-0.39, 0.29) is 12.3 Å². The van der Waals surface area contributed by atoms with Gasteiger partial charge in [-0.25, -0.2) is 4.68 Å². The molecule has 0 atom stereocenters. The van der Waals surface area contributed by atoms with Gasteiger partial charge in [0.05, 0.1) is 5.69 Å². The summed E-state index contributed by atoms with van der Waals surface area (Å²) in [5.74, 6) is -0.486. The molecule has 2 amide bonds. The van der Waals surface area contributed by atoms with Gasteiger partial charge in [-0.3, -0.25) is 20.4 Å². The van der Waals surface area contributed by atoms with Crippen molar-refractivity contribution in [2.24, 2.45) is 0 Å². The van der Waals surface area contributed by atoms with Crippen LogP contribution in [0.5, 0.6) is 5.75 Å². The predicted molar refractivity (Wildman–Crippen MR) is 122 cm³/mol. The van der Waals surface area contributed by atoms with Gasteiger partial charge in [0.15, 0.2) is 12.3 Å². The zero-order valence-electron chi connectivity index (χ0n) is 16.9. The van der Waals surface area contributed by atoms with E-state index >= 15 is 0 Å². The summed E-state index contributed by atoms with van der Waals surface area (Å²) >= 11 is 5.99. The molecule has 0 bridgehead atoms. The smallest absolute Gasteiger partial charge is 0.290 e. The molecule has 0 radical (unpaired) electrons. The number of carbonyl (C=O) groups is 2. The highest BCUT2D eigenvalue weighted by Gasteiger charge is 2.13. The maximum Gasteiger partial charge on any atom is 0.290 e. The Labute approximate surface area is 189 Å². The Bertz CT molecular complexity index is 1240. The molecule has 4 rings (SSSR count). The van der Waals surface area contributed by atoms with E-state index in [1.165, 1.54) is 10.7 Å². The molecule has 2 N–H and O–H groups in total. The lowest BCUT2D eigenvalue weighted by atomic mass is 10.1. The molecule has 8 heteroatoms. The van der Waals surface area contributed by atoms with Crippen LogP contribution in [0.15, 0.2) is 91.1 Å². The summed E-state index contributed by atoms with van der Waals surface area (Å²) in [6.07, 6.45) is 1.63. The van der Waals surface area contributed by atoms with E-state index in [2.05, 4.69) is 16.0 Å². The molecule has 160 valence electrons. The maximum atomic E-state index is 12.3. The lowest BCUT2D eigenvalue weighted by Gasteiger charge is -2.12. The van der Waals surface area contributed by atoms with Crippen LogP contribution in [0, 0.1) is 0 Å². The van der Waals surface area contributed by atoms with Crippen molar-refractivity contribution in [2.45, 2.75) is 0 Å². The molecule has 7 nitrogen and oxygen atoms in total. The number of benzene rings is 3. The summed E-state index contributed by atoms with van der Waals surface area (Å²) in [4.78, 5) is 24.5. The number of rotatable bonds is 6. The predicted octanol–water partition coefficient (Wildman–Crippen LogP) is 4.03. The van der Waals surface area contributed by atoms with Crippen LogP contribution in [0.1, 0.15) is 10.5 Å². The van der Waals surface area contributed by atoms with Crippen LogP contribution >= 0.6 is 11.6 Å². The number of carbonyl (C=O) groups excluding carboxylic acids is 2. The van der Waals surface area contributed by atoms with Crippen LogP contribution < -0.4 is 15.6 Å². The highest BCUT2D eigenvalue weighted by molar-refractivity contribution is 6.30. The Morgan fingerprint density at radius 1 is 0.906 bits per heavy atom. The molecule has 0 aliphatic carbocycles. The summed E-state index contributed by atoms with van der Waals surface area (Å²) in [6, 6.07) is 25.8. The second-order valence-corrected chi connectivity index (χ2v) is 7.22. The van der Waals surface area contributed by atoms with Crippen molar-refractivity contribution in [3.63, 3.8) is 0 Å². The van der Waals surface area contributed by atoms with Gasteiger partial charge in [0, 0.05) is 16.8 Å². The van der Waals surface area contributed by atoms with Gasteiger partial charge in [-0.05, 0) is 35.9 Å². The first-order valence-electron chi connectivity index (χ1n) is 9.78. The van der Waals surface area contributed by atoms with Crippen LogP contribution in [0.3, 0.4) is 0 Å². The van der Waals surface area contributed by atoms with Gasteiger partial charge >= 0.3 is 0 Å². The first-order valence-corrected chi connectivity index (χ1v) is 10.2. The second-order valence-electron chi connectivity index (χ2n) is 6.78. The molecule has 1 aromatic heterocycles. The molecule has 0 fully saturated rings. The molecule has 0 aliphatic heterocycles. The normalized spacial score (nSPS) is 10.4. The van der Waals surface area contributed by atoms with Crippen LogP contribution in [0.4, 0.5) is 0 Å². The van der Waals surface area contributed by atoms with Crippen LogP contribution in [0.25, 0.3) is 16.8 Å². The van der Waals surface area contributed by atoms with Gasteiger partial charge in [0.25, 0.3) is 11.8 Å². The number of ether oxygens (including phenoxy) is 1. The van der Waals surface area contributed by atoms with Crippen molar-refractivity contribution in [1.29, 1.82) is 0 Å². The minimum atomic E-state index is -0.552. The van der Waals surface area contributed by atoms with Crippen molar-refractivity contribution in [2.75, 3.05) is 6.61 Å². The number of hydrogen-bond acceptors (Lipinski definition) is 4. The topological polar surface area (TPSA) is 85.3 Å². The van der Waals surface area contributed by atoms with E-state index in [0.29, 0.717) is 16.5 Å². The number of aromatic nitrogens is 2. The lowest BCUT2D eigenvalue weighted by Crippen LogP contribution is -2.44. The number of para-hydroxylation sites is 1. The van der Waals surface area contributed by atoms with Crippen molar-refractivity contribution in [3.8, 4) is 22.6 Å². The van der Waals surface area contributed by atoms with Gasteiger partial charge in [0.2, 0.25) is 0 Å². The van der Waals surface area contributed by atoms with Gasteiger partial charge in [-0.2, -0.15) is 5.10 Å². The summed E-state index contributed by atoms with van der Waals surface area (Å²) in [5.41, 5.74) is 7.38. The summed E-state index contributed by atoms with van der Waals surface area (Å²) in [6.45, 7) is -0.263. The third kappa shape index (κ3) is 5.14. The van der Waals surface area contributed by atoms with Crippen molar-refractivity contribution in [3.05, 3.63) is 102 Å². The quantitative estimate of drug-likeness (QED) is 0.438. The third-order valence-electron chi connectivity index (χ3n) is 4.54. The molecule has 0 saturated heterocycles. The first-order chi connectivity index (χ1) is 15.6. The molecule has 3 aromatic carbocycles. The second kappa shape index (κ2) is 9.80. The van der Waals surface area contributed by atoms with Crippen molar-refractivity contribution >= 4 is 23.4 Å². The summed E-state index contributed by atoms with van der Waals surface area (Å²) < 4.78 is 7.19. The molecule has 32 heavy (non-hydrogen) atoms. The Morgan fingerprint density at radius 3 is 2.50 bits per heavy atom. The van der Waals surface area contributed by atoms with E-state index < -0.39 is 11.8 Å². The molecule has 0 aliphatic rings. The molecule has 0 saturated carbocycles. The average Bonchev–Trinajstić information content (AvgIpc) is 3.32. The Kier molecular flexibility index (Phi) is 6.48. The number of amides is 2. The van der Waals surface area contributed by atoms with E-state index in [1.807, 2.05) is 54.6 Å². The third-order valence-corrected chi connectivity index (χ3v) is 4.78. The number of hydrogen-bond donors (Lipinski definition) is 2. The fourth-order valence-corrected chi connectivity index (χ4v) is 3.21. The minimum Gasteiger partial charge on any atom is -0.483 e. The van der Waals surface area contributed by atoms with Crippen molar-refractivity contribution < 1.29 is 14.3 Å². The number of halogens is 1. The van der Waals surface area contributed by atoms with Crippen LogP contribution in [-0.2, 0) is 4.79 Å². The number of nitrogens with one attached hydrogen (secondary N) is 2. The van der Waals surface area contributed by atoms with Gasteiger partial charge < -0.3 is 4.74 Å². The fraction of sp³-hybridized carbons (Fsp3) is 0.0417. The molecule has 0 spiro atoms. The highest BCUT2D eigenvalue weighted by atomic mass is 35.5. The molecular formula is C24H19ClN4O3. The zero-order valence-corrected chi connectivity index (χ0v) is 17.6. The van der Waals surface area contributed by atoms with E-state index in [9.17, 15) is 9.59 Å². The molecular weight excluding hydrogens is 428 g/mol. The van der Waals surface area contributed by atoms with E-state index in [0.717, 1.165) is 11.1 Å².